The van der Waals surface area contributed by atoms with Crippen LogP contribution in [0.15, 0.2) is 60.8 Å². The molecule has 0 spiro atoms. The molecule has 4 rings (SSSR count). The first-order valence-corrected chi connectivity index (χ1v) is 12.8. The van der Waals surface area contributed by atoms with Gasteiger partial charge in [-0.15, -0.1) is 0 Å². The summed E-state index contributed by atoms with van der Waals surface area (Å²) >= 11 is 5.50. The Morgan fingerprint density at radius 3 is 2.62 bits per heavy atom. The lowest BCUT2D eigenvalue weighted by Crippen LogP contribution is -2.54. The zero-order valence-corrected chi connectivity index (χ0v) is 22.1. The summed E-state index contributed by atoms with van der Waals surface area (Å²) in [6.45, 7) is 5.99. The van der Waals surface area contributed by atoms with Crippen LogP contribution in [-0.4, -0.2) is 51.2 Å². The van der Waals surface area contributed by atoms with E-state index in [9.17, 15) is 9.59 Å². The van der Waals surface area contributed by atoms with Crippen molar-refractivity contribution in [3.63, 3.8) is 0 Å². The maximum atomic E-state index is 13.0. The molecule has 1 fully saturated rings. The molecule has 0 saturated heterocycles. The number of thiocarbonyl (C=S) groups is 1. The van der Waals surface area contributed by atoms with E-state index >= 15 is 0 Å². The van der Waals surface area contributed by atoms with Crippen LogP contribution >= 0.6 is 12.2 Å². The van der Waals surface area contributed by atoms with Crippen molar-refractivity contribution in [3.05, 3.63) is 78.1 Å². The van der Waals surface area contributed by atoms with E-state index in [1.807, 2.05) is 57.2 Å². The van der Waals surface area contributed by atoms with Gasteiger partial charge in [0, 0.05) is 24.2 Å². The quantitative estimate of drug-likeness (QED) is 0.319. The van der Waals surface area contributed by atoms with Gasteiger partial charge in [-0.2, -0.15) is 0 Å². The van der Waals surface area contributed by atoms with Crippen molar-refractivity contribution in [1.29, 1.82) is 0 Å². The molecule has 2 amide bonds. The third-order valence-electron chi connectivity index (χ3n) is 5.81. The Labute approximate surface area is 222 Å². The number of aromatic nitrogens is 1. The average Bonchev–Trinajstić information content (AvgIpc) is 3.70. The van der Waals surface area contributed by atoms with Crippen LogP contribution < -0.4 is 16.2 Å². The predicted molar refractivity (Wildman–Crippen MR) is 147 cm³/mol. The molecule has 1 unspecified atom stereocenters. The number of nitrogens with zero attached hydrogens (tertiary/aromatic N) is 2. The normalized spacial score (nSPS) is 13.9. The maximum Gasteiger partial charge on any atom is 0.410 e. The molecule has 1 aromatic heterocycles. The van der Waals surface area contributed by atoms with Gasteiger partial charge in [0.05, 0.1) is 6.04 Å². The predicted octanol–water partition coefficient (Wildman–Crippen LogP) is 4.15. The second-order valence-corrected chi connectivity index (χ2v) is 10.5. The fourth-order valence-corrected chi connectivity index (χ4v) is 4.23. The highest BCUT2D eigenvalue weighted by molar-refractivity contribution is 7.80. The van der Waals surface area contributed by atoms with Crippen LogP contribution in [0.1, 0.15) is 49.7 Å². The van der Waals surface area contributed by atoms with Crippen molar-refractivity contribution in [2.24, 2.45) is 0 Å². The molecule has 37 heavy (non-hydrogen) atoms. The van der Waals surface area contributed by atoms with Gasteiger partial charge in [0.2, 0.25) is 0 Å². The van der Waals surface area contributed by atoms with Crippen LogP contribution in [0.3, 0.4) is 0 Å². The number of carbonyl (C=O) groups excluding carboxylic acids is 2. The number of fused-ring (bicyclic) bond motifs is 1. The van der Waals surface area contributed by atoms with E-state index in [1.165, 1.54) is 0 Å². The molecule has 0 bridgehead atoms. The van der Waals surface area contributed by atoms with Crippen LogP contribution in [0, 0.1) is 6.07 Å². The molecule has 1 aliphatic carbocycles. The fourth-order valence-electron chi connectivity index (χ4n) is 4.01. The minimum atomic E-state index is -0.582. The van der Waals surface area contributed by atoms with E-state index in [1.54, 1.807) is 29.3 Å². The second kappa shape index (κ2) is 11.6. The average molecular weight is 519 g/mol. The van der Waals surface area contributed by atoms with Gasteiger partial charge in [0.25, 0.3) is 5.91 Å². The van der Waals surface area contributed by atoms with E-state index in [2.05, 4.69) is 27.2 Å². The Morgan fingerprint density at radius 2 is 1.92 bits per heavy atom. The summed E-state index contributed by atoms with van der Waals surface area (Å²) < 4.78 is 5.66. The number of amides is 2. The van der Waals surface area contributed by atoms with Crippen molar-refractivity contribution in [3.8, 4) is 0 Å². The van der Waals surface area contributed by atoms with E-state index in [-0.39, 0.29) is 29.0 Å². The summed E-state index contributed by atoms with van der Waals surface area (Å²) in [7, 11) is 0. The molecule has 1 saturated carbocycles. The Kier molecular flexibility index (Phi) is 8.23. The minimum Gasteiger partial charge on any atom is -0.444 e. The van der Waals surface area contributed by atoms with Crippen LogP contribution in [0.4, 0.5) is 4.79 Å². The standard InChI is InChI=1S/C28H32N5O3S/c1-28(2,3)36-27(35)33(22-13-14-22)18-21(17-19-9-5-4-6-10-19)30-26(37)32-31-25(34)24-23-12-8-7-11-20(23)15-16-29-24/h4-6,8-12,15-16,21-22H,13-14,17-18H2,1-3H3,(H,31,34)(H2,30,32,37). The third-order valence-corrected chi connectivity index (χ3v) is 6.03. The number of hydrogen-bond acceptors (Lipinski definition) is 5. The van der Waals surface area contributed by atoms with Crippen molar-refractivity contribution < 1.29 is 14.3 Å². The summed E-state index contributed by atoms with van der Waals surface area (Å²) in [5.41, 5.74) is 6.22. The number of benzene rings is 2. The molecule has 3 N–H and O–H groups in total. The van der Waals surface area contributed by atoms with Gasteiger partial charge in [0.15, 0.2) is 5.11 Å². The highest BCUT2D eigenvalue weighted by atomic mass is 32.1. The largest absolute Gasteiger partial charge is 0.444 e. The van der Waals surface area contributed by atoms with Crippen molar-refractivity contribution >= 4 is 40.1 Å². The molecule has 1 atom stereocenters. The first-order chi connectivity index (χ1) is 17.7. The SMILES string of the molecule is CC(C)(C)OC(=O)N(CC(Cc1ccccc1)NC(=S)NNC(=O)c1nccc2c[c]ccc12)C1CC1. The minimum absolute atomic E-state index is 0.158. The summed E-state index contributed by atoms with van der Waals surface area (Å²) in [4.78, 5) is 31.8. The molecular formula is C28H32N5O3S. The molecule has 1 radical (unpaired) electrons. The van der Waals surface area contributed by atoms with Crippen molar-refractivity contribution in [2.75, 3.05) is 6.54 Å². The molecular weight excluding hydrogens is 486 g/mol. The third kappa shape index (κ3) is 7.63. The highest BCUT2D eigenvalue weighted by Gasteiger charge is 2.36. The Balaban J connectivity index is 1.42. The number of nitrogens with one attached hydrogen (secondary N) is 3. The van der Waals surface area contributed by atoms with Gasteiger partial charge in [-0.25, -0.2) is 4.79 Å². The van der Waals surface area contributed by atoms with Crippen molar-refractivity contribution in [1.82, 2.24) is 26.1 Å². The van der Waals surface area contributed by atoms with Gasteiger partial charge in [-0.3, -0.25) is 20.6 Å². The topological polar surface area (TPSA) is 95.6 Å². The van der Waals surface area contributed by atoms with Crippen LogP contribution in [0.5, 0.6) is 0 Å². The summed E-state index contributed by atoms with van der Waals surface area (Å²) in [5.74, 6) is -0.408. The Morgan fingerprint density at radius 1 is 1.16 bits per heavy atom. The first kappa shape index (κ1) is 26.3. The molecule has 8 nitrogen and oxygen atoms in total. The summed E-state index contributed by atoms with van der Waals surface area (Å²) in [6, 6.07) is 20.1. The van der Waals surface area contributed by atoms with Gasteiger partial charge in [-0.1, -0.05) is 42.5 Å². The molecule has 2 aromatic carbocycles. The number of rotatable bonds is 7. The van der Waals surface area contributed by atoms with Crippen LogP contribution in [-0.2, 0) is 11.2 Å². The molecule has 9 heteroatoms. The fraction of sp³-hybridized carbons (Fsp3) is 0.357. The van der Waals surface area contributed by atoms with Gasteiger partial charge in [-0.05, 0) is 81.4 Å². The molecule has 193 valence electrons. The second-order valence-electron chi connectivity index (χ2n) is 10.1. The summed E-state index contributed by atoms with van der Waals surface area (Å²) in [6.07, 6.45) is 3.78. The molecule has 1 aliphatic rings. The Bertz CT molecular complexity index is 1250. The number of hydrogen-bond donors (Lipinski definition) is 3. The Hall–Kier alpha value is -3.72. The van der Waals surface area contributed by atoms with E-state index in [0.717, 1.165) is 29.2 Å². The van der Waals surface area contributed by atoms with Crippen LogP contribution in [0.2, 0.25) is 0 Å². The lowest BCUT2D eigenvalue weighted by molar-refractivity contribution is 0.0218. The lowest BCUT2D eigenvalue weighted by atomic mass is 10.1. The van der Waals surface area contributed by atoms with E-state index in [4.69, 9.17) is 17.0 Å². The van der Waals surface area contributed by atoms with Gasteiger partial charge < -0.3 is 15.0 Å². The maximum absolute atomic E-state index is 13.0. The van der Waals surface area contributed by atoms with Crippen LogP contribution in [0.25, 0.3) is 10.8 Å². The zero-order valence-electron chi connectivity index (χ0n) is 21.3. The molecule has 3 aromatic rings. The number of ether oxygens (including phenoxy) is 1. The number of pyridine rings is 1. The van der Waals surface area contributed by atoms with Crippen molar-refractivity contribution in [2.45, 2.75) is 57.7 Å². The lowest BCUT2D eigenvalue weighted by Gasteiger charge is -2.31. The zero-order chi connectivity index (χ0) is 26.4. The highest BCUT2D eigenvalue weighted by Crippen LogP contribution is 2.29. The van der Waals surface area contributed by atoms with Gasteiger partial charge >= 0.3 is 6.09 Å². The molecule has 0 aliphatic heterocycles. The van der Waals surface area contributed by atoms with E-state index in [0.29, 0.717) is 13.0 Å². The number of carbonyl (C=O) groups is 2. The molecule has 1 heterocycles. The van der Waals surface area contributed by atoms with Gasteiger partial charge in [0.1, 0.15) is 11.3 Å². The first-order valence-electron chi connectivity index (χ1n) is 12.3. The number of hydrazine groups is 1. The monoisotopic (exact) mass is 518 g/mol. The smallest absolute Gasteiger partial charge is 0.410 e. The van der Waals surface area contributed by atoms with E-state index < -0.39 is 11.5 Å². The summed E-state index contributed by atoms with van der Waals surface area (Å²) in [5, 5.41) is 5.10.